The average Bonchev–Trinajstić information content (AvgIpc) is 3.47. The number of anilines is 1. The van der Waals surface area contributed by atoms with E-state index in [9.17, 15) is 14.4 Å². The molecule has 0 bridgehead atoms. The van der Waals surface area contributed by atoms with Crippen molar-refractivity contribution >= 4 is 35.2 Å². The van der Waals surface area contributed by atoms with Gasteiger partial charge in [-0.15, -0.1) is 0 Å². The molecule has 1 N–H and O–H groups in total. The molecule has 0 radical (unpaired) electrons. The molecule has 0 aromatic heterocycles. The fourth-order valence-corrected chi connectivity index (χ4v) is 6.38. The smallest absolute Gasteiger partial charge is 0.327 e. The van der Waals surface area contributed by atoms with Crippen LogP contribution in [0.25, 0.3) is 0 Å². The van der Waals surface area contributed by atoms with Crippen molar-refractivity contribution in [2.45, 2.75) is 56.9 Å². The van der Waals surface area contributed by atoms with Gasteiger partial charge in [-0.2, -0.15) is 0 Å². The first-order valence-corrected chi connectivity index (χ1v) is 13.7. The molecule has 2 heterocycles. The second kappa shape index (κ2) is 10.7. The van der Waals surface area contributed by atoms with E-state index in [1.165, 1.54) is 12.8 Å². The first-order chi connectivity index (χ1) is 17.9. The number of halogens is 1. The van der Waals surface area contributed by atoms with Crippen LogP contribution >= 0.6 is 11.6 Å². The lowest BCUT2D eigenvalue weighted by molar-refractivity contribution is -0.136. The van der Waals surface area contributed by atoms with Gasteiger partial charge in [0, 0.05) is 36.9 Å². The summed E-state index contributed by atoms with van der Waals surface area (Å²) in [5.74, 6) is -0.499. The quantitative estimate of drug-likeness (QED) is 0.492. The zero-order valence-electron chi connectivity index (χ0n) is 21.1. The van der Waals surface area contributed by atoms with E-state index in [1.807, 2.05) is 53.4 Å². The molecule has 0 unspecified atom stereocenters. The van der Waals surface area contributed by atoms with E-state index in [0.717, 1.165) is 29.7 Å². The minimum absolute atomic E-state index is 0.0206. The van der Waals surface area contributed by atoms with E-state index in [2.05, 4.69) is 4.90 Å². The molecule has 2 aromatic carbocycles. The summed E-state index contributed by atoms with van der Waals surface area (Å²) in [6.07, 6.45) is 6.25. The molecule has 37 heavy (non-hydrogen) atoms. The second-order valence-corrected chi connectivity index (χ2v) is 11.1. The number of carbonyl (C=O) groups excluding carboxylic acids is 2. The van der Waals surface area contributed by atoms with Crippen LogP contribution in [-0.4, -0.2) is 64.5 Å². The Morgan fingerprint density at radius 2 is 1.70 bits per heavy atom. The van der Waals surface area contributed by atoms with Crippen LogP contribution in [0.4, 0.5) is 10.5 Å². The van der Waals surface area contributed by atoms with Crippen LogP contribution < -0.4 is 4.90 Å². The third kappa shape index (κ3) is 5.33. The van der Waals surface area contributed by atoms with Gasteiger partial charge in [0.05, 0.1) is 6.42 Å². The van der Waals surface area contributed by atoms with Crippen LogP contribution in [0.15, 0.2) is 48.5 Å². The zero-order valence-corrected chi connectivity index (χ0v) is 21.8. The summed E-state index contributed by atoms with van der Waals surface area (Å²) < 4.78 is 0. The van der Waals surface area contributed by atoms with E-state index < -0.39 is 11.5 Å². The molecular weight excluding hydrogens is 490 g/mol. The van der Waals surface area contributed by atoms with Crippen LogP contribution in [0.3, 0.4) is 0 Å². The van der Waals surface area contributed by atoms with Crippen molar-refractivity contribution in [3.63, 3.8) is 0 Å². The van der Waals surface area contributed by atoms with Gasteiger partial charge >= 0.3 is 12.0 Å². The number of rotatable bonds is 8. The highest BCUT2D eigenvalue weighted by Gasteiger charge is 2.58. The average molecular weight is 524 g/mol. The Kier molecular flexibility index (Phi) is 7.43. The number of hydrogen-bond donors (Lipinski definition) is 1. The Hall–Kier alpha value is -3.06. The highest BCUT2D eigenvalue weighted by atomic mass is 35.5. The fourth-order valence-electron chi connectivity index (χ4n) is 6.25. The Morgan fingerprint density at radius 1 is 1.00 bits per heavy atom. The number of amides is 3. The number of carboxylic acid groups (broad SMARTS) is 1. The lowest BCUT2D eigenvalue weighted by atomic mass is 9.85. The lowest BCUT2D eigenvalue weighted by Crippen LogP contribution is -2.57. The topological polar surface area (TPSA) is 81.2 Å². The largest absolute Gasteiger partial charge is 0.481 e. The summed E-state index contributed by atoms with van der Waals surface area (Å²) in [4.78, 5) is 44.4. The van der Waals surface area contributed by atoms with Gasteiger partial charge in [-0.1, -0.05) is 48.7 Å². The maximum absolute atomic E-state index is 13.9. The first kappa shape index (κ1) is 25.6. The molecular formula is C29H34ClN3O4. The van der Waals surface area contributed by atoms with Crippen LogP contribution in [0.1, 0.15) is 49.7 Å². The standard InChI is InChI=1S/C29H34ClN3O4/c30-24-10-8-21(9-11-24)12-15-33-28(37)32(20-22-4-1-2-5-22)27(36)29(33)13-16-31(17-14-29)25-7-3-6-23(18-25)19-26(34)35/h3,6-11,18,22H,1-2,4-5,12-17,19-20H2,(H,34,35). The molecule has 2 aromatic rings. The van der Waals surface area contributed by atoms with Gasteiger partial charge in [0.15, 0.2) is 0 Å². The number of aliphatic carboxylic acids is 1. The molecule has 1 aliphatic carbocycles. The van der Waals surface area contributed by atoms with Crippen molar-refractivity contribution in [2.24, 2.45) is 5.92 Å². The van der Waals surface area contributed by atoms with Crippen molar-refractivity contribution in [1.82, 2.24) is 9.80 Å². The van der Waals surface area contributed by atoms with Gasteiger partial charge < -0.3 is 14.9 Å². The second-order valence-electron chi connectivity index (χ2n) is 10.6. The molecule has 5 rings (SSSR count). The molecule has 2 aliphatic heterocycles. The summed E-state index contributed by atoms with van der Waals surface area (Å²) >= 11 is 6.05. The normalized spacial score (nSPS) is 19.9. The van der Waals surface area contributed by atoms with Crippen molar-refractivity contribution < 1.29 is 19.5 Å². The minimum atomic E-state index is -0.858. The number of carboxylic acids is 1. The number of carbonyl (C=O) groups is 3. The van der Waals surface area contributed by atoms with Crippen LogP contribution in [0.5, 0.6) is 0 Å². The third-order valence-corrected chi connectivity index (χ3v) is 8.55. The van der Waals surface area contributed by atoms with Gasteiger partial charge in [-0.3, -0.25) is 14.5 Å². The third-order valence-electron chi connectivity index (χ3n) is 8.30. The first-order valence-electron chi connectivity index (χ1n) is 13.3. The highest BCUT2D eigenvalue weighted by Crippen LogP contribution is 2.40. The van der Waals surface area contributed by atoms with Gasteiger partial charge in [0.2, 0.25) is 0 Å². The lowest BCUT2D eigenvalue weighted by Gasteiger charge is -2.43. The highest BCUT2D eigenvalue weighted by molar-refractivity contribution is 6.30. The maximum Gasteiger partial charge on any atom is 0.327 e. The van der Waals surface area contributed by atoms with Crippen LogP contribution in [0, 0.1) is 5.92 Å². The monoisotopic (exact) mass is 523 g/mol. The molecule has 8 heteroatoms. The molecule has 0 atom stereocenters. The predicted octanol–water partition coefficient (Wildman–Crippen LogP) is 5.00. The van der Waals surface area contributed by atoms with E-state index in [0.29, 0.717) is 56.4 Å². The summed E-state index contributed by atoms with van der Waals surface area (Å²) in [6, 6.07) is 15.1. The SMILES string of the molecule is O=C(O)Cc1cccc(N2CCC3(CC2)C(=O)N(CC2CCCC2)C(=O)N3CCc2ccc(Cl)cc2)c1. The molecule has 196 valence electrons. The van der Waals surface area contributed by atoms with E-state index >= 15 is 0 Å². The fraction of sp³-hybridized carbons (Fsp3) is 0.483. The Morgan fingerprint density at radius 3 is 2.38 bits per heavy atom. The van der Waals surface area contributed by atoms with Gasteiger partial charge in [-0.25, -0.2) is 4.79 Å². The van der Waals surface area contributed by atoms with Crippen molar-refractivity contribution in [2.75, 3.05) is 31.1 Å². The van der Waals surface area contributed by atoms with Crippen LogP contribution in [0.2, 0.25) is 5.02 Å². The summed E-state index contributed by atoms with van der Waals surface area (Å²) in [5.41, 5.74) is 1.98. The number of piperidine rings is 1. The van der Waals surface area contributed by atoms with Gasteiger partial charge in [0.25, 0.3) is 5.91 Å². The van der Waals surface area contributed by atoms with Crippen LogP contribution in [-0.2, 0) is 22.4 Å². The Labute approximate surface area is 223 Å². The molecule has 1 spiro atoms. The molecule has 3 amide bonds. The molecule has 3 aliphatic rings. The predicted molar refractivity (Wildman–Crippen MR) is 143 cm³/mol. The molecule has 7 nitrogen and oxygen atoms in total. The Balaban J connectivity index is 1.35. The van der Waals surface area contributed by atoms with Crippen molar-refractivity contribution in [3.8, 4) is 0 Å². The van der Waals surface area contributed by atoms with Crippen molar-refractivity contribution in [1.29, 1.82) is 0 Å². The van der Waals surface area contributed by atoms with Gasteiger partial charge in [-0.05, 0) is 73.4 Å². The number of urea groups is 1. The van der Waals surface area contributed by atoms with Crippen molar-refractivity contribution in [3.05, 3.63) is 64.7 Å². The molecule has 1 saturated carbocycles. The number of hydrogen-bond acceptors (Lipinski definition) is 4. The summed E-state index contributed by atoms with van der Waals surface area (Å²) in [7, 11) is 0. The molecule has 3 fully saturated rings. The molecule has 2 saturated heterocycles. The number of imide groups is 1. The van der Waals surface area contributed by atoms with E-state index in [4.69, 9.17) is 16.7 Å². The number of benzene rings is 2. The minimum Gasteiger partial charge on any atom is -0.481 e. The summed E-state index contributed by atoms with van der Waals surface area (Å²) in [6.45, 7) is 2.27. The number of nitrogens with zero attached hydrogens (tertiary/aromatic N) is 3. The zero-order chi connectivity index (χ0) is 26.0. The maximum atomic E-state index is 13.9. The van der Waals surface area contributed by atoms with Gasteiger partial charge in [0.1, 0.15) is 5.54 Å². The van der Waals surface area contributed by atoms with E-state index in [1.54, 1.807) is 4.90 Å². The Bertz CT molecular complexity index is 1150. The van der Waals surface area contributed by atoms with E-state index in [-0.39, 0.29) is 18.4 Å². The summed E-state index contributed by atoms with van der Waals surface area (Å²) in [5, 5.41) is 9.84.